The van der Waals surface area contributed by atoms with Crippen molar-refractivity contribution in [1.82, 2.24) is 14.8 Å². The number of carbonyl (C=O) groups excluding carboxylic acids is 1. The summed E-state index contributed by atoms with van der Waals surface area (Å²) in [6.07, 6.45) is 0. The monoisotopic (exact) mass is 733 g/mol. The van der Waals surface area contributed by atoms with E-state index in [-0.39, 0.29) is 12.5 Å². The number of anilines is 2. The van der Waals surface area contributed by atoms with Crippen LogP contribution in [0.4, 0.5) is 11.6 Å². The number of rotatable bonds is 9. The molecule has 11 heteroatoms. The second kappa shape index (κ2) is 13.9. The zero-order valence-corrected chi connectivity index (χ0v) is 29.2. The number of halogens is 3. The van der Waals surface area contributed by atoms with Crippen molar-refractivity contribution >= 4 is 68.4 Å². The van der Waals surface area contributed by atoms with Crippen LogP contribution >= 0.6 is 50.9 Å². The minimum Gasteiger partial charge on any atom is -0.488 e. The quantitative estimate of drug-likeness (QED) is 0.147. The lowest BCUT2D eigenvalue weighted by molar-refractivity contribution is -0.113. The van der Waals surface area contributed by atoms with Crippen LogP contribution < -0.4 is 15.4 Å². The maximum absolute atomic E-state index is 14.2. The average molecular weight is 736 g/mol. The molecule has 0 radical (unpaired) electrons. The number of hydrogen-bond donors (Lipinski definition) is 2. The minimum absolute atomic E-state index is 0.245. The summed E-state index contributed by atoms with van der Waals surface area (Å²) in [6.45, 7) is 6.13. The number of ether oxygens (including phenoxy) is 1. The molecular weight excluding hydrogens is 705 g/mol. The number of amides is 1. The summed E-state index contributed by atoms with van der Waals surface area (Å²) in [5, 5.41) is 13.2. The molecule has 1 aliphatic heterocycles. The third-order valence-electron chi connectivity index (χ3n) is 7.63. The van der Waals surface area contributed by atoms with Crippen molar-refractivity contribution in [3.63, 3.8) is 0 Å². The van der Waals surface area contributed by atoms with Crippen LogP contribution in [0, 0.1) is 13.8 Å². The Hall–Kier alpha value is -3.76. The van der Waals surface area contributed by atoms with Gasteiger partial charge in [-0.1, -0.05) is 105 Å². The van der Waals surface area contributed by atoms with Crippen molar-refractivity contribution in [3.8, 4) is 5.75 Å². The average Bonchev–Trinajstić information content (AvgIpc) is 3.43. The third kappa shape index (κ3) is 6.98. The highest BCUT2D eigenvalue weighted by Crippen LogP contribution is 2.42. The molecule has 1 amide bonds. The summed E-state index contributed by atoms with van der Waals surface area (Å²) in [6, 6.07) is 26.3. The van der Waals surface area contributed by atoms with Gasteiger partial charge >= 0.3 is 0 Å². The number of thioether (sulfide) groups is 1. The number of aromatic nitrogens is 3. The van der Waals surface area contributed by atoms with Crippen LogP contribution in [0.15, 0.2) is 106 Å². The number of nitrogens with one attached hydrogen (secondary N) is 2. The Bertz CT molecular complexity index is 1980. The zero-order valence-electron chi connectivity index (χ0n) is 25.3. The molecule has 0 saturated carbocycles. The third-order valence-corrected chi connectivity index (χ3v) is 9.75. The summed E-state index contributed by atoms with van der Waals surface area (Å²) < 4.78 is 8.98. The summed E-state index contributed by atoms with van der Waals surface area (Å²) in [4.78, 5) is 19.0. The Morgan fingerprint density at radius 1 is 0.978 bits per heavy atom. The molecule has 5 aromatic rings. The maximum atomic E-state index is 14.2. The number of fused-ring (bicyclic) bond motifs is 1. The Labute approximate surface area is 290 Å². The molecule has 234 valence electrons. The summed E-state index contributed by atoms with van der Waals surface area (Å²) in [5.74, 6) is 1.43. The van der Waals surface area contributed by atoms with Gasteiger partial charge in [0.15, 0.2) is 0 Å². The fourth-order valence-electron chi connectivity index (χ4n) is 5.31. The molecule has 7 nitrogen and oxygen atoms in total. The highest BCUT2D eigenvalue weighted by atomic mass is 79.9. The smallest absolute Gasteiger partial charge is 0.255 e. The van der Waals surface area contributed by atoms with E-state index in [1.165, 1.54) is 11.8 Å². The molecule has 1 unspecified atom stereocenters. The van der Waals surface area contributed by atoms with E-state index in [0.29, 0.717) is 43.9 Å². The van der Waals surface area contributed by atoms with Crippen LogP contribution in [0.2, 0.25) is 10.0 Å². The highest BCUT2D eigenvalue weighted by Gasteiger charge is 2.36. The molecule has 4 aromatic carbocycles. The minimum atomic E-state index is -0.664. The van der Waals surface area contributed by atoms with E-state index in [0.717, 1.165) is 38.0 Å². The molecule has 0 spiro atoms. The fraction of sp³-hybridized carbons (Fsp3) is 0.171. The highest BCUT2D eigenvalue weighted by molar-refractivity contribution is 9.10. The van der Waals surface area contributed by atoms with E-state index in [9.17, 15) is 4.79 Å². The number of carbonyl (C=O) groups is 1. The second-order valence-corrected chi connectivity index (χ2v) is 13.6. The Morgan fingerprint density at radius 3 is 2.41 bits per heavy atom. The van der Waals surface area contributed by atoms with Gasteiger partial charge in [0.1, 0.15) is 18.4 Å². The molecule has 2 N–H and O–H groups in total. The van der Waals surface area contributed by atoms with Crippen molar-refractivity contribution in [2.45, 2.75) is 44.3 Å². The molecule has 0 saturated heterocycles. The van der Waals surface area contributed by atoms with Gasteiger partial charge in [0.2, 0.25) is 11.1 Å². The summed E-state index contributed by atoms with van der Waals surface area (Å²) >= 11 is 18.0. The molecule has 1 aliphatic rings. The molecule has 0 aliphatic carbocycles. The van der Waals surface area contributed by atoms with Crippen LogP contribution in [0.5, 0.6) is 5.75 Å². The first-order valence-electron chi connectivity index (χ1n) is 14.5. The standard InChI is InChI=1S/C35H30BrCl2N5O2S/c1-20-12-14-29(21(2)16-20)40-33(44)31-22(3)39-34-41-35(46-19-24-9-5-7-11-28(24)38)42-43(34)32(31)26-17-25(36)13-15-30(26)45-18-23-8-4-6-10-27(23)37/h4-17,32H,18-19H2,1-3H3,(H,40,44)(H,39,41,42). The van der Waals surface area contributed by atoms with Crippen LogP contribution in [-0.2, 0) is 17.2 Å². The first-order chi connectivity index (χ1) is 22.2. The molecule has 1 atom stereocenters. The van der Waals surface area contributed by atoms with Gasteiger partial charge in [0, 0.05) is 42.8 Å². The van der Waals surface area contributed by atoms with E-state index < -0.39 is 6.04 Å². The van der Waals surface area contributed by atoms with Gasteiger partial charge in [-0.3, -0.25) is 4.79 Å². The van der Waals surface area contributed by atoms with E-state index in [1.807, 2.05) is 106 Å². The number of aryl methyl sites for hydroxylation is 2. The van der Waals surface area contributed by atoms with Gasteiger partial charge in [0.05, 0.1) is 5.57 Å². The van der Waals surface area contributed by atoms with Crippen molar-refractivity contribution in [2.24, 2.45) is 0 Å². The van der Waals surface area contributed by atoms with E-state index >= 15 is 0 Å². The van der Waals surface area contributed by atoms with Crippen LogP contribution in [-0.4, -0.2) is 20.7 Å². The molecule has 6 rings (SSSR count). The van der Waals surface area contributed by atoms with E-state index in [1.54, 1.807) is 4.68 Å². The number of nitrogens with zero attached hydrogens (tertiary/aromatic N) is 3. The van der Waals surface area contributed by atoms with E-state index in [4.69, 9.17) is 38.0 Å². The van der Waals surface area contributed by atoms with Crippen molar-refractivity contribution in [2.75, 3.05) is 10.6 Å². The van der Waals surface area contributed by atoms with Gasteiger partial charge in [0.25, 0.3) is 5.91 Å². The van der Waals surface area contributed by atoms with Gasteiger partial charge in [-0.2, -0.15) is 4.98 Å². The van der Waals surface area contributed by atoms with Crippen LogP contribution in [0.25, 0.3) is 0 Å². The largest absolute Gasteiger partial charge is 0.488 e. The van der Waals surface area contributed by atoms with Gasteiger partial charge in [-0.05, 0) is 68.3 Å². The van der Waals surface area contributed by atoms with E-state index in [2.05, 4.69) is 26.6 Å². The maximum Gasteiger partial charge on any atom is 0.255 e. The molecule has 1 aromatic heterocycles. The molecule has 2 heterocycles. The number of allylic oxidation sites excluding steroid dienone is 1. The Morgan fingerprint density at radius 2 is 1.70 bits per heavy atom. The lowest BCUT2D eigenvalue weighted by Crippen LogP contribution is -2.32. The predicted molar refractivity (Wildman–Crippen MR) is 190 cm³/mol. The first kappa shape index (κ1) is 32.2. The SMILES string of the molecule is CC1=C(C(=O)Nc2ccc(C)cc2C)C(c2cc(Br)ccc2OCc2ccccc2Cl)n2nc(SCc3ccccc3Cl)nc2N1. The molecule has 0 fully saturated rings. The van der Waals surface area contributed by atoms with Crippen LogP contribution in [0.3, 0.4) is 0 Å². The Balaban J connectivity index is 1.41. The van der Waals surface area contributed by atoms with Crippen LogP contribution in [0.1, 0.15) is 40.8 Å². The predicted octanol–water partition coefficient (Wildman–Crippen LogP) is 9.76. The number of hydrogen-bond acceptors (Lipinski definition) is 6. The number of benzene rings is 4. The lowest BCUT2D eigenvalue weighted by atomic mass is 9.94. The first-order valence-corrected chi connectivity index (χ1v) is 17.1. The molecular formula is C35H30BrCl2N5O2S. The summed E-state index contributed by atoms with van der Waals surface area (Å²) in [7, 11) is 0. The topological polar surface area (TPSA) is 81.1 Å². The second-order valence-electron chi connectivity index (χ2n) is 10.9. The fourth-order valence-corrected chi connectivity index (χ4v) is 6.99. The Kier molecular flexibility index (Phi) is 9.75. The summed E-state index contributed by atoms with van der Waals surface area (Å²) in [5.41, 5.74) is 6.54. The van der Waals surface area contributed by atoms with Crippen molar-refractivity contribution in [3.05, 3.63) is 139 Å². The molecule has 0 bridgehead atoms. The van der Waals surface area contributed by atoms with Crippen molar-refractivity contribution < 1.29 is 9.53 Å². The lowest BCUT2D eigenvalue weighted by Gasteiger charge is -2.30. The van der Waals surface area contributed by atoms with Gasteiger partial charge < -0.3 is 15.4 Å². The van der Waals surface area contributed by atoms with Crippen molar-refractivity contribution in [1.29, 1.82) is 0 Å². The molecule has 46 heavy (non-hydrogen) atoms. The van der Waals surface area contributed by atoms with Gasteiger partial charge in [-0.15, -0.1) is 5.10 Å². The normalized spacial score (nSPS) is 14.1. The zero-order chi connectivity index (χ0) is 32.4. The van der Waals surface area contributed by atoms with Gasteiger partial charge in [-0.25, -0.2) is 4.68 Å².